The molecule has 21 heavy (non-hydrogen) atoms. The van der Waals surface area contributed by atoms with E-state index in [9.17, 15) is 0 Å². The molecule has 2 aromatic rings. The molecule has 0 aliphatic heterocycles. The van der Waals surface area contributed by atoms with Crippen LogP contribution in [0, 0.1) is 11.8 Å². The molecular weight excluding hydrogens is 302 g/mol. The molecule has 1 unspecified atom stereocenters. The Morgan fingerprint density at radius 1 is 1.38 bits per heavy atom. The van der Waals surface area contributed by atoms with Crippen LogP contribution < -0.4 is 0 Å². The summed E-state index contributed by atoms with van der Waals surface area (Å²) in [5.41, 5.74) is 2.18. The molecule has 1 heterocycles. The first kappa shape index (κ1) is 16.1. The molecule has 0 aliphatic carbocycles. The molecule has 0 radical (unpaired) electrons. The van der Waals surface area contributed by atoms with Gasteiger partial charge in [0.15, 0.2) is 0 Å². The second-order valence-electron chi connectivity index (χ2n) is 4.91. The van der Waals surface area contributed by atoms with Crippen molar-refractivity contribution < 1.29 is 5.11 Å². The quantitative estimate of drug-likeness (QED) is 0.863. The molecule has 1 atom stereocenters. The smallest absolute Gasteiger partial charge is 0.104 e. The number of aliphatic hydroxyl groups is 1. The molecule has 0 amide bonds. The van der Waals surface area contributed by atoms with E-state index in [0.29, 0.717) is 0 Å². The minimum absolute atomic E-state index is 0.100. The van der Waals surface area contributed by atoms with Crippen molar-refractivity contribution >= 4 is 22.9 Å². The van der Waals surface area contributed by atoms with E-state index in [1.165, 1.54) is 10.4 Å². The maximum Gasteiger partial charge on any atom is 0.104 e. The van der Waals surface area contributed by atoms with E-state index in [-0.39, 0.29) is 12.6 Å². The van der Waals surface area contributed by atoms with E-state index >= 15 is 0 Å². The summed E-state index contributed by atoms with van der Waals surface area (Å²) >= 11 is 7.75. The highest BCUT2D eigenvalue weighted by Crippen LogP contribution is 2.25. The maximum atomic E-state index is 8.71. The molecule has 2 nitrogen and oxygen atoms in total. The number of rotatable bonds is 4. The minimum atomic E-state index is -0.100. The van der Waals surface area contributed by atoms with Crippen LogP contribution in [0.5, 0.6) is 0 Å². The van der Waals surface area contributed by atoms with Gasteiger partial charge in [0.1, 0.15) is 6.61 Å². The second kappa shape index (κ2) is 7.63. The molecule has 1 aromatic heterocycles. The van der Waals surface area contributed by atoms with Gasteiger partial charge in [-0.15, -0.1) is 11.3 Å². The molecule has 0 saturated carbocycles. The van der Waals surface area contributed by atoms with Gasteiger partial charge in [-0.1, -0.05) is 35.6 Å². The highest BCUT2D eigenvalue weighted by Gasteiger charge is 2.13. The van der Waals surface area contributed by atoms with Crippen molar-refractivity contribution in [3.05, 3.63) is 56.7 Å². The van der Waals surface area contributed by atoms with Gasteiger partial charge < -0.3 is 5.11 Å². The second-order valence-corrected chi connectivity index (χ2v) is 6.34. The Bertz CT molecular complexity index is 656. The van der Waals surface area contributed by atoms with E-state index in [0.717, 1.165) is 17.1 Å². The Morgan fingerprint density at radius 2 is 2.19 bits per heavy atom. The van der Waals surface area contributed by atoms with Gasteiger partial charge in [0, 0.05) is 33.4 Å². The molecule has 0 spiro atoms. The fourth-order valence-corrected chi connectivity index (χ4v) is 3.15. The number of halogens is 1. The number of benzene rings is 1. The molecule has 4 heteroatoms. The van der Waals surface area contributed by atoms with Crippen molar-refractivity contribution in [3.8, 4) is 11.8 Å². The summed E-state index contributed by atoms with van der Waals surface area (Å²) in [7, 11) is 2.10. The third-order valence-electron chi connectivity index (χ3n) is 3.36. The van der Waals surface area contributed by atoms with Gasteiger partial charge in [-0.05, 0) is 37.7 Å². The predicted octanol–water partition coefficient (Wildman–Crippen LogP) is 3.94. The standard InChI is InChI=1S/C17H18ClNOS/c1-13(15-6-3-7-16(18)10-15)19(2)11-17-9-14(12-21-17)5-4-8-20/h3,6-7,9-10,12-13,20H,8,11H2,1-2H3. The monoisotopic (exact) mass is 319 g/mol. The zero-order valence-electron chi connectivity index (χ0n) is 12.1. The Morgan fingerprint density at radius 3 is 2.90 bits per heavy atom. The van der Waals surface area contributed by atoms with Crippen molar-refractivity contribution in [1.29, 1.82) is 0 Å². The van der Waals surface area contributed by atoms with Crippen LogP contribution >= 0.6 is 22.9 Å². The number of aliphatic hydroxyl groups excluding tert-OH is 1. The van der Waals surface area contributed by atoms with Gasteiger partial charge in [0.05, 0.1) is 0 Å². The van der Waals surface area contributed by atoms with Crippen LogP contribution in [0.4, 0.5) is 0 Å². The zero-order chi connectivity index (χ0) is 15.2. The van der Waals surface area contributed by atoms with Crippen LogP contribution in [0.1, 0.15) is 29.0 Å². The molecule has 0 fully saturated rings. The Kier molecular flexibility index (Phi) is 5.84. The molecule has 1 N–H and O–H groups in total. The molecule has 110 valence electrons. The lowest BCUT2D eigenvalue weighted by Gasteiger charge is -2.24. The largest absolute Gasteiger partial charge is 0.384 e. The van der Waals surface area contributed by atoms with Gasteiger partial charge in [-0.3, -0.25) is 4.90 Å². The molecule has 1 aromatic carbocycles. The topological polar surface area (TPSA) is 23.5 Å². The lowest BCUT2D eigenvalue weighted by molar-refractivity contribution is 0.255. The van der Waals surface area contributed by atoms with Crippen LogP contribution in [0.3, 0.4) is 0 Å². The summed E-state index contributed by atoms with van der Waals surface area (Å²) < 4.78 is 0. The summed E-state index contributed by atoms with van der Waals surface area (Å²) in [4.78, 5) is 3.54. The van der Waals surface area contributed by atoms with Crippen LogP contribution in [-0.2, 0) is 6.54 Å². The van der Waals surface area contributed by atoms with Crippen LogP contribution in [0.2, 0.25) is 5.02 Å². The van der Waals surface area contributed by atoms with Crippen LogP contribution in [0.25, 0.3) is 0 Å². The average molecular weight is 320 g/mol. The molecule has 2 rings (SSSR count). The van der Waals surface area contributed by atoms with Crippen LogP contribution in [-0.4, -0.2) is 23.7 Å². The predicted molar refractivity (Wildman–Crippen MR) is 89.6 cm³/mol. The summed E-state index contributed by atoms with van der Waals surface area (Å²) in [6.07, 6.45) is 0. The van der Waals surface area contributed by atoms with E-state index in [1.807, 2.05) is 23.6 Å². The average Bonchev–Trinajstić information content (AvgIpc) is 2.91. The Labute approximate surface area is 135 Å². The number of hydrogen-bond donors (Lipinski definition) is 1. The Balaban J connectivity index is 2.03. The minimum Gasteiger partial charge on any atom is -0.384 e. The first-order chi connectivity index (χ1) is 10.1. The summed E-state index contributed by atoms with van der Waals surface area (Å²) in [5.74, 6) is 5.60. The first-order valence-corrected chi connectivity index (χ1v) is 7.98. The van der Waals surface area contributed by atoms with Crippen molar-refractivity contribution in [3.63, 3.8) is 0 Å². The van der Waals surface area contributed by atoms with E-state index in [1.54, 1.807) is 11.3 Å². The third kappa shape index (κ3) is 4.59. The number of thiophene rings is 1. The van der Waals surface area contributed by atoms with Gasteiger partial charge in [0.25, 0.3) is 0 Å². The third-order valence-corrected chi connectivity index (χ3v) is 4.52. The van der Waals surface area contributed by atoms with E-state index in [2.05, 4.69) is 42.8 Å². The highest BCUT2D eigenvalue weighted by molar-refractivity contribution is 7.10. The molecule has 0 bridgehead atoms. The van der Waals surface area contributed by atoms with Gasteiger partial charge in [-0.25, -0.2) is 0 Å². The number of nitrogens with zero attached hydrogens (tertiary/aromatic N) is 1. The van der Waals surface area contributed by atoms with Crippen molar-refractivity contribution in [2.75, 3.05) is 13.7 Å². The van der Waals surface area contributed by atoms with Gasteiger partial charge in [-0.2, -0.15) is 0 Å². The fourth-order valence-electron chi connectivity index (χ4n) is 2.07. The lowest BCUT2D eigenvalue weighted by Crippen LogP contribution is -2.21. The van der Waals surface area contributed by atoms with Crippen molar-refractivity contribution in [2.24, 2.45) is 0 Å². The highest BCUT2D eigenvalue weighted by atomic mass is 35.5. The lowest BCUT2D eigenvalue weighted by atomic mass is 10.1. The zero-order valence-corrected chi connectivity index (χ0v) is 13.7. The van der Waals surface area contributed by atoms with Crippen LogP contribution in [0.15, 0.2) is 35.7 Å². The number of hydrogen-bond acceptors (Lipinski definition) is 3. The fraction of sp³-hybridized carbons (Fsp3) is 0.294. The first-order valence-electron chi connectivity index (χ1n) is 6.73. The molecule has 0 aliphatic rings. The van der Waals surface area contributed by atoms with E-state index in [4.69, 9.17) is 16.7 Å². The summed E-state index contributed by atoms with van der Waals surface area (Å²) in [6, 6.07) is 10.3. The van der Waals surface area contributed by atoms with Crippen molar-refractivity contribution in [1.82, 2.24) is 4.90 Å². The summed E-state index contributed by atoms with van der Waals surface area (Å²) in [6.45, 7) is 2.93. The van der Waals surface area contributed by atoms with Gasteiger partial charge >= 0.3 is 0 Å². The summed E-state index contributed by atoms with van der Waals surface area (Å²) in [5, 5.41) is 11.5. The van der Waals surface area contributed by atoms with E-state index < -0.39 is 0 Å². The van der Waals surface area contributed by atoms with Crippen molar-refractivity contribution in [2.45, 2.75) is 19.5 Å². The van der Waals surface area contributed by atoms with Gasteiger partial charge in [0.2, 0.25) is 0 Å². The normalized spacial score (nSPS) is 12.0. The maximum absolute atomic E-state index is 8.71. The Hall–Kier alpha value is -1.31. The molecular formula is C17H18ClNOS. The SMILES string of the molecule is CC(c1cccc(Cl)c1)N(C)Cc1cc(C#CCO)cs1. The molecule has 0 saturated heterocycles.